The highest BCUT2D eigenvalue weighted by molar-refractivity contribution is 6.34. The van der Waals surface area contributed by atoms with Crippen LogP contribution in [-0.2, 0) is 10.3 Å². The second-order valence-corrected chi connectivity index (χ2v) is 4.27. The Hall–Kier alpha value is -0.820. The Bertz CT molecular complexity index is 400. The van der Waals surface area contributed by atoms with Crippen molar-refractivity contribution in [1.29, 1.82) is 0 Å². The summed E-state index contributed by atoms with van der Waals surface area (Å²) in [6.07, 6.45) is 3.32. The SMILES string of the molecule is O=C=NC1(c2cc(Cl)cc(Cl)c2)CC1. The van der Waals surface area contributed by atoms with Crippen LogP contribution in [0, 0.1) is 0 Å². The summed E-state index contributed by atoms with van der Waals surface area (Å²) in [4.78, 5) is 14.0. The van der Waals surface area contributed by atoms with Gasteiger partial charge in [-0.25, -0.2) is 4.79 Å². The minimum Gasteiger partial charge on any atom is -0.211 e. The first-order chi connectivity index (χ1) is 6.66. The van der Waals surface area contributed by atoms with Crippen LogP contribution >= 0.6 is 23.2 Å². The van der Waals surface area contributed by atoms with Crippen LogP contribution in [0.2, 0.25) is 10.0 Å². The predicted molar refractivity (Wildman–Crippen MR) is 55.5 cm³/mol. The molecule has 2 rings (SSSR count). The monoisotopic (exact) mass is 227 g/mol. The molecule has 1 aliphatic carbocycles. The summed E-state index contributed by atoms with van der Waals surface area (Å²) >= 11 is 11.7. The van der Waals surface area contributed by atoms with E-state index in [1.165, 1.54) is 0 Å². The molecule has 0 aromatic heterocycles. The van der Waals surface area contributed by atoms with E-state index in [2.05, 4.69) is 4.99 Å². The van der Waals surface area contributed by atoms with E-state index in [9.17, 15) is 4.79 Å². The van der Waals surface area contributed by atoms with E-state index >= 15 is 0 Å². The third-order valence-electron chi connectivity index (χ3n) is 2.38. The molecule has 1 aromatic carbocycles. The molecule has 14 heavy (non-hydrogen) atoms. The van der Waals surface area contributed by atoms with Gasteiger partial charge in [0.15, 0.2) is 0 Å². The molecule has 4 heteroatoms. The molecule has 2 nitrogen and oxygen atoms in total. The standard InChI is InChI=1S/C10H7Cl2NO/c11-8-3-7(4-9(12)5-8)10(1-2-10)13-6-14/h3-5H,1-2H2. The summed E-state index contributed by atoms with van der Waals surface area (Å²) in [5, 5.41) is 1.14. The molecular formula is C10H7Cl2NO. The summed E-state index contributed by atoms with van der Waals surface area (Å²) < 4.78 is 0. The Morgan fingerprint density at radius 2 is 1.79 bits per heavy atom. The van der Waals surface area contributed by atoms with Crippen molar-refractivity contribution >= 4 is 29.3 Å². The maximum absolute atomic E-state index is 10.2. The molecule has 0 aliphatic heterocycles. The normalized spacial score (nSPS) is 17.3. The first-order valence-electron chi connectivity index (χ1n) is 4.22. The maximum Gasteiger partial charge on any atom is 0.235 e. The highest BCUT2D eigenvalue weighted by Crippen LogP contribution is 2.50. The van der Waals surface area contributed by atoms with Crippen molar-refractivity contribution in [1.82, 2.24) is 0 Å². The fourth-order valence-electron chi connectivity index (χ4n) is 1.49. The highest BCUT2D eigenvalue weighted by Gasteiger charge is 2.45. The molecule has 0 radical (unpaired) electrons. The van der Waals surface area contributed by atoms with E-state index in [4.69, 9.17) is 23.2 Å². The zero-order valence-electron chi connectivity index (χ0n) is 7.26. The number of hydrogen-bond donors (Lipinski definition) is 0. The van der Waals surface area contributed by atoms with Crippen molar-refractivity contribution in [2.45, 2.75) is 18.4 Å². The van der Waals surface area contributed by atoms with Crippen LogP contribution < -0.4 is 0 Å². The molecule has 1 saturated carbocycles. The van der Waals surface area contributed by atoms with Gasteiger partial charge in [0.2, 0.25) is 6.08 Å². The average molecular weight is 228 g/mol. The van der Waals surface area contributed by atoms with Crippen molar-refractivity contribution in [3.05, 3.63) is 33.8 Å². The van der Waals surface area contributed by atoms with E-state index in [1.807, 2.05) is 0 Å². The molecule has 0 atom stereocenters. The van der Waals surface area contributed by atoms with Gasteiger partial charge in [-0.1, -0.05) is 23.2 Å². The Balaban J connectivity index is 2.46. The van der Waals surface area contributed by atoms with Crippen LogP contribution in [0.5, 0.6) is 0 Å². The summed E-state index contributed by atoms with van der Waals surface area (Å²) in [7, 11) is 0. The Labute approximate surface area is 91.5 Å². The van der Waals surface area contributed by atoms with Gasteiger partial charge in [-0.3, -0.25) is 0 Å². The second-order valence-electron chi connectivity index (χ2n) is 3.39. The zero-order valence-corrected chi connectivity index (χ0v) is 8.77. The van der Waals surface area contributed by atoms with Gasteiger partial charge in [0, 0.05) is 10.0 Å². The number of aliphatic imine (C=N–C) groups is 1. The van der Waals surface area contributed by atoms with Crippen molar-refractivity contribution in [2.24, 2.45) is 4.99 Å². The molecule has 0 heterocycles. The van der Waals surface area contributed by atoms with Crippen LogP contribution in [0.15, 0.2) is 23.2 Å². The van der Waals surface area contributed by atoms with Crippen molar-refractivity contribution < 1.29 is 4.79 Å². The van der Waals surface area contributed by atoms with Gasteiger partial charge >= 0.3 is 0 Å². The van der Waals surface area contributed by atoms with Gasteiger partial charge in [-0.2, -0.15) is 4.99 Å². The van der Waals surface area contributed by atoms with E-state index in [0.29, 0.717) is 10.0 Å². The third-order valence-corrected chi connectivity index (χ3v) is 2.82. The number of halogens is 2. The number of benzene rings is 1. The lowest BCUT2D eigenvalue weighted by Crippen LogP contribution is -2.01. The smallest absolute Gasteiger partial charge is 0.211 e. The first kappa shape index (κ1) is 9.72. The minimum absolute atomic E-state index is 0.393. The van der Waals surface area contributed by atoms with Crippen molar-refractivity contribution in [2.75, 3.05) is 0 Å². The van der Waals surface area contributed by atoms with Crippen LogP contribution in [0.4, 0.5) is 0 Å². The Morgan fingerprint density at radius 3 is 2.21 bits per heavy atom. The second kappa shape index (κ2) is 3.39. The molecule has 72 valence electrons. The molecule has 0 unspecified atom stereocenters. The van der Waals surface area contributed by atoms with Crippen molar-refractivity contribution in [3.8, 4) is 0 Å². The molecular weight excluding hydrogens is 221 g/mol. The third kappa shape index (κ3) is 1.69. The predicted octanol–water partition coefficient (Wildman–Crippen LogP) is 3.32. The lowest BCUT2D eigenvalue weighted by atomic mass is 10.1. The van der Waals surface area contributed by atoms with Gasteiger partial charge in [-0.05, 0) is 36.6 Å². The highest BCUT2D eigenvalue weighted by atomic mass is 35.5. The van der Waals surface area contributed by atoms with Gasteiger partial charge in [0.25, 0.3) is 0 Å². The van der Waals surface area contributed by atoms with Gasteiger partial charge in [0.05, 0.1) is 5.54 Å². The lowest BCUT2D eigenvalue weighted by molar-refractivity contribution is 0.556. The minimum atomic E-state index is -0.393. The summed E-state index contributed by atoms with van der Waals surface area (Å²) in [5.41, 5.74) is 0.509. The van der Waals surface area contributed by atoms with Gasteiger partial charge in [0.1, 0.15) is 0 Å². The topological polar surface area (TPSA) is 29.4 Å². The number of nitrogens with zero attached hydrogens (tertiary/aromatic N) is 1. The quantitative estimate of drug-likeness (QED) is 0.563. The molecule has 0 N–H and O–H groups in total. The Kier molecular flexibility index (Phi) is 2.36. The molecule has 1 aromatic rings. The molecule has 0 bridgehead atoms. The maximum atomic E-state index is 10.2. The van der Waals surface area contributed by atoms with Gasteiger partial charge < -0.3 is 0 Å². The zero-order chi connectivity index (χ0) is 10.2. The van der Waals surface area contributed by atoms with E-state index in [1.54, 1.807) is 24.3 Å². The number of hydrogen-bond acceptors (Lipinski definition) is 2. The van der Waals surface area contributed by atoms with Crippen LogP contribution in [0.1, 0.15) is 18.4 Å². The van der Waals surface area contributed by atoms with E-state index < -0.39 is 5.54 Å². The lowest BCUT2D eigenvalue weighted by Gasteiger charge is -2.08. The summed E-state index contributed by atoms with van der Waals surface area (Å²) in [6.45, 7) is 0. The Morgan fingerprint density at radius 1 is 1.21 bits per heavy atom. The number of rotatable bonds is 2. The van der Waals surface area contributed by atoms with E-state index in [0.717, 1.165) is 18.4 Å². The molecule has 0 saturated heterocycles. The number of carbonyl (C=O) groups excluding carboxylic acids is 1. The summed E-state index contributed by atoms with van der Waals surface area (Å²) in [5.74, 6) is 0. The van der Waals surface area contributed by atoms with Crippen LogP contribution in [-0.4, -0.2) is 6.08 Å². The average Bonchev–Trinajstić information content (AvgIpc) is 2.84. The molecule has 0 amide bonds. The number of isocyanates is 1. The molecule has 1 fully saturated rings. The fourth-order valence-corrected chi connectivity index (χ4v) is 2.02. The summed E-state index contributed by atoms with van der Waals surface area (Å²) in [6, 6.07) is 5.25. The van der Waals surface area contributed by atoms with Crippen molar-refractivity contribution in [3.63, 3.8) is 0 Å². The fraction of sp³-hybridized carbons (Fsp3) is 0.300. The largest absolute Gasteiger partial charge is 0.235 e. The van der Waals surface area contributed by atoms with E-state index in [-0.39, 0.29) is 0 Å². The molecule has 0 spiro atoms. The first-order valence-corrected chi connectivity index (χ1v) is 4.97. The molecule has 1 aliphatic rings. The van der Waals surface area contributed by atoms with Crippen LogP contribution in [0.25, 0.3) is 0 Å². The van der Waals surface area contributed by atoms with Crippen LogP contribution in [0.3, 0.4) is 0 Å². The van der Waals surface area contributed by atoms with Gasteiger partial charge in [-0.15, -0.1) is 0 Å².